The number of benzene rings is 2. The quantitative estimate of drug-likeness (QED) is 0.616. The van der Waals surface area contributed by atoms with E-state index in [4.69, 9.17) is 9.26 Å². The van der Waals surface area contributed by atoms with Crippen molar-refractivity contribution in [3.05, 3.63) is 71.7 Å². The smallest absolute Gasteiger partial charge is 0.322 e. The second-order valence-electron chi connectivity index (χ2n) is 7.95. The van der Waals surface area contributed by atoms with Gasteiger partial charge in [0.05, 0.1) is 18.7 Å². The lowest BCUT2D eigenvalue weighted by Gasteiger charge is -2.36. The molecule has 1 unspecified atom stereocenters. The molecular weight excluding hydrogens is 392 g/mol. The number of methoxy groups -OCH3 is 1. The molecule has 0 aliphatic carbocycles. The third kappa shape index (κ3) is 4.17. The number of nitrogens with one attached hydrogen (secondary N) is 1. The van der Waals surface area contributed by atoms with Crippen molar-refractivity contribution in [1.29, 1.82) is 0 Å². The number of carbonyl (C=O) groups is 1. The monoisotopic (exact) mass is 418 g/mol. The lowest BCUT2D eigenvalue weighted by atomic mass is 9.94. The SMILES string of the molecule is COc1ccc(-c2noc(C3=C(C)N(CC(C)C)C(=O)NC3c3ccccc3)n2)cc1. The van der Waals surface area contributed by atoms with Crippen LogP contribution in [0.3, 0.4) is 0 Å². The first-order chi connectivity index (χ1) is 15.0. The van der Waals surface area contributed by atoms with Gasteiger partial charge in [0.25, 0.3) is 5.89 Å². The molecule has 0 radical (unpaired) electrons. The number of nitrogens with zero attached hydrogens (tertiary/aromatic N) is 3. The maximum absolute atomic E-state index is 12.9. The molecule has 0 fully saturated rings. The van der Waals surface area contributed by atoms with E-state index in [9.17, 15) is 4.79 Å². The van der Waals surface area contributed by atoms with Crippen LogP contribution < -0.4 is 10.1 Å². The summed E-state index contributed by atoms with van der Waals surface area (Å²) in [5, 5.41) is 7.31. The van der Waals surface area contributed by atoms with Crippen molar-refractivity contribution in [2.24, 2.45) is 5.92 Å². The number of rotatable bonds is 6. The lowest BCUT2D eigenvalue weighted by Crippen LogP contribution is -2.47. The van der Waals surface area contributed by atoms with Crippen LogP contribution in [0.15, 0.2) is 64.8 Å². The average Bonchev–Trinajstić information content (AvgIpc) is 3.26. The Bertz CT molecular complexity index is 1090. The van der Waals surface area contributed by atoms with E-state index in [1.807, 2.05) is 61.5 Å². The molecule has 7 nitrogen and oxygen atoms in total. The van der Waals surface area contributed by atoms with Crippen molar-refractivity contribution < 1.29 is 14.1 Å². The summed E-state index contributed by atoms with van der Waals surface area (Å²) in [6, 6.07) is 16.8. The standard InChI is InChI=1S/C24H26N4O3/c1-15(2)14-28-16(3)20(21(25-24(28)29)17-8-6-5-7-9-17)23-26-22(27-31-23)18-10-12-19(30-4)13-11-18/h5-13,15,21H,14H2,1-4H3,(H,25,29). The molecule has 0 saturated heterocycles. The van der Waals surface area contributed by atoms with Crippen LogP contribution in [0.2, 0.25) is 0 Å². The summed E-state index contributed by atoms with van der Waals surface area (Å²) < 4.78 is 10.9. The van der Waals surface area contributed by atoms with E-state index in [0.717, 1.165) is 28.1 Å². The van der Waals surface area contributed by atoms with Crippen molar-refractivity contribution in [3.8, 4) is 17.1 Å². The molecule has 31 heavy (non-hydrogen) atoms. The Balaban J connectivity index is 1.78. The van der Waals surface area contributed by atoms with E-state index in [1.54, 1.807) is 12.0 Å². The molecule has 2 aromatic carbocycles. The fraction of sp³-hybridized carbons (Fsp3) is 0.292. The summed E-state index contributed by atoms with van der Waals surface area (Å²) in [6.07, 6.45) is 0. The third-order valence-corrected chi connectivity index (χ3v) is 5.28. The van der Waals surface area contributed by atoms with Crippen LogP contribution in [0.5, 0.6) is 5.75 Å². The van der Waals surface area contributed by atoms with Crippen molar-refractivity contribution in [1.82, 2.24) is 20.4 Å². The van der Waals surface area contributed by atoms with Gasteiger partial charge < -0.3 is 14.6 Å². The Kier molecular flexibility index (Phi) is 5.75. The zero-order valence-electron chi connectivity index (χ0n) is 18.1. The number of urea groups is 1. The van der Waals surface area contributed by atoms with Gasteiger partial charge >= 0.3 is 6.03 Å². The molecule has 2 amide bonds. The van der Waals surface area contributed by atoms with E-state index >= 15 is 0 Å². The van der Waals surface area contributed by atoms with Crippen LogP contribution >= 0.6 is 0 Å². The summed E-state index contributed by atoms with van der Waals surface area (Å²) in [6.45, 7) is 6.70. The first-order valence-corrected chi connectivity index (χ1v) is 10.3. The number of ether oxygens (including phenoxy) is 1. The summed E-state index contributed by atoms with van der Waals surface area (Å²) in [4.78, 5) is 19.3. The Morgan fingerprint density at radius 1 is 1.13 bits per heavy atom. The molecule has 0 spiro atoms. The van der Waals surface area contributed by atoms with Gasteiger partial charge in [0.1, 0.15) is 5.75 Å². The van der Waals surface area contributed by atoms with Gasteiger partial charge in [0.2, 0.25) is 5.82 Å². The third-order valence-electron chi connectivity index (χ3n) is 5.28. The molecule has 160 valence electrons. The van der Waals surface area contributed by atoms with Gasteiger partial charge in [-0.3, -0.25) is 4.90 Å². The van der Waals surface area contributed by atoms with Crippen molar-refractivity contribution in [2.75, 3.05) is 13.7 Å². The molecule has 3 aromatic rings. The van der Waals surface area contributed by atoms with Gasteiger partial charge in [-0.2, -0.15) is 4.98 Å². The number of aromatic nitrogens is 2. The molecule has 0 saturated carbocycles. The fourth-order valence-corrected chi connectivity index (χ4v) is 3.73. The number of hydrogen-bond acceptors (Lipinski definition) is 5. The molecule has 0 bridgehead atoms. The normalized spacial score (nSPS) is 16.6. The summed E-state index contributed by atoms with van der Waals surface area (Å²) in [5.74, 6) is 1.95. The Hall–Kier alpha value is -3.61. The fourth-order valence-electron chi connectivity index (χ4n) is 3.73. The highest BCUT2D eigenvalue weighted by Gasteiger charge is 2.35. The largest absolute Gasteiger partial charge is 0.497 e. The zero-order chi connectivity index (χ0) is 22.0. The molecule has 1 aliphatic heterocycles. The molecule has 1 N–H and O–H groups in total. The summed E-state index contributed by atoms with van der Waals surface area (Å²) in [5.41, 5.74) is 3.40. The predicted molar refractivity (Wildman–Crippen MR) is 118 cm³/mol. The van der Waals surface area contributed by atoms with Crippen LogP contribution in [0.4, 0.5) is 4.79 Å². The maximum Gasteiger partial charge on any atom is 0.322 e. The topological polar surface area (TPSA) is 80.5 Å². The predicted octanol–water partition coefficient (Wildman–Crippen LogP) is 4.90. The van der Waals surface area contributed by atoms with Crippen molar-refractivity contribution in [3.63, 3.8) is 0 Å². The summed E-state index contributed by atoms with van der Waals surface area (Å²) in [7, 11) is 1.63. The number of amides is 2. The molecule has 1 aliphatic rings. The second kappa shape index (κ2) is 8.63. The van der Waals surface area contributed by atoms with Gasteiger partial charge in [-0.05, 0) is 42.7 Å². The Morgan fingerprint density at radius 3 is 2.48 bits per heavy atom. The summed E-state index contributed by atoms with van der Waals surface area (Å²) >= 11 is 0. The highest BCUT2D eigenvalue weighted by molar-refractivity contribution is 5.86. The van der Waals surface area contributed by atoms with Gasteiger partial charge in [0.15, 0.2) is 0 Å². The molecular formula is C24H26N4O3. The molecule has 7 heteroatoms. The molecule has 1 atom stereocenters. The zero-order valence-corrected chi connectivity index (χ0v) is 18.1. The van der Waals surface area contributed by atoms with Crippen LogP contribution in [-0.2, 0) is 0 Å². The van der Waals surface area contributed by atoms with Crippen molar-refractivity contribution in [2.45, 2.75) is 26.8 Å². The Morgan fingerprint density at radius 2 is 1.84 bits per heavy atom. The van der Waals surface area contributed by atoms with E-state index in [1.165, 1.54) is 0 Å². The van der Waals surface area contributed by atoms with Gasteiger partial charge in [0, 0.05) is 17.8 Å². The van der Waals surface area contributed by atoms with E-state index in [2.05, 4.69) is 29.3 Å². The number of hydrogen-bond donors (Lipinski definition) is 1. The second-order valence-corrected chi connectivity index (χ2v) is 7.95. The molecule has 4 rings (SSSR count). The van der Waals surface area contributed by atoms with Crippen molar-refractivity contribution >= 4 is 11.6 Å². The highest BCUT2D eigenvalue weighted by Crippen LogP contribution is 2.37. The first-order valence-electron chi connectivity index (χ1n) is 10.3. The minimum absolute atomic E-state index is 0.126. The van der Waals surface area contributed by atoms with E-state index < -0.39 is 0 Å². The van der Waals surface area contributed by atoms with Gasteiger partial charge in [-0.15, -0.1) is 0 Å². The lowest BCUT2D eigenvalue weighted by molar-refractivity contribution is 0.199. The van der Waals surface area contributed by atoms with Crippen LogP contribution in [-0.4, -0.2) is 34.7 Å². The van der Waals surface area contributed by atoms with Crippen LogP contribution in [0, 0.1) is 5.92 Å². The number of allylic oxidation sites excluding steroid dienone is 1. The Labute approximate surface area is 181 Å². The first kappa shape index (κ1) is 20.7. The average molecular weight is 418 g/mol. The van der Waals surface area contributed by atoms with Gasteiger partial charge in [-0.25, -0.2) is 4.79 Å². The minimum Gasteiger partial charge on any atom is -0.497 e. The molecule has 1 aromatic heterocycles. The highest BCUT2D eigenvalue weighted by atomic mass is 16.5. The molecule has 2 heterocycles. The maximum atomic E-state index is 12.9. The van der Waals surface area contributed by atoms with Gasteiger partial charge in [-0.1, -0.05) is 49.3 Å². The van der Waals surface area contributed by atoms with E-state index in [0.29, 0.717) is 24.2 Å². The number of carbonyl (C=O) groups excluding carboxylic acids is 1. The van der Waals surface area contributed by atoms with E-state index in [-0.39, 0.29) is 12.1 Å². The van der Waals surface area contributed by atoms with Crippen LogP contribution in [0.25, 0.3) is 17.0 Å². The minimum atomic E-state index is -0.374. The van der Waals surface area contributed by atoms with Crippen LogP contribution in [0.1, 0.15) is 38.3 Å².